The van der Waals surface area contributed by atoms with Gasteiger partial charge < -0.3 is 34.3 Å². The monoisotopic (exact) mass is 773 g/mol. The molecule has 2 N–H and O–H groups in total. The second-order valence-corrected chi connectivity index (χ2v) is 14.5. The molecular weight excluding hydrogens is 727 g/mol. The lowest BCUT2D eigenvalue weighted by atomic mass is 9.96. The number of amides is 2. The number of hydrogen-bond donors (Lipinski definition) is 2. The summed E-state index contributed by atoms with van der Waals surface area (Å²) in [6.45, 7) is 2.23. The average molecular weight is 774 g/mol. The molecule has 0 saturated carbocycles. The zero-order valence-corrected chi connectivity index (χ0v) is 31.4. The minimum Gasteiger partial charge on any atom is -0.493 e. The first-order chi connectivity index (χ1) is 27.0. The number of nitrogens with zero attached hydrogens (tertiary/aromatic N) is 2. The Balaban J connectivity index is 1.07. The number of likely N-dealkylation sites (tertiary alicyclic amines) is 1. The van der Waals surface area contributed by atoms with Crippen molar-refractivity contribution in [1.29, 1.82) is 0 Å². The first-order valence-corrected chi connectivity index (χ1v) is 18.8. The maximum Gasteiger partial charge on any atom is 0.471 e. The van der Waals surface area contributed by atoms with Crippen LogP contribution in [0.2, 0.25) is 0 Å². The molecule has 0 aliphatic carbocycles. The predicted molar refractivity (Wildman–Crippen MR) is 201 cm³/mol. The Bertz CT molecular complexity index is 2020. The molecule has 4 aromatic carbocycles. The summed E-state index contributed by atoms with van der Waals surface area (Å²) < 4.78 is 63.8. The smallest absolute Gasteiger partial charge is 0.471 e. The predicted octanol–water partition coefficient (Wildman–Crippen LogP) is 6.64. The minimum atomic E-state index is -5.03. The summed E-state index contributed by atoms with van der Waals surface area (Å²) >= 11 is 0. The minimum absolute atomic E-state index is 0.0459. The summed E-state index contributed by atoms with van der Waals surface area (Å²) in [6, 6.07) is 26.2. The molecule has 7 rings (SSSR count). The molecule has 2 saturated heterocycles. The number of carbonyl (C=O) groups is 2. The molecule has 0 aromatic heterocycles. The molecule has 4 atom stereocenters. The first-order valence-electron chi connectivity index (χ1n) is 18.8. The molecule has 2 fully saturated rings. The van der Waals surface area contributed by atoms with Gasteiger partial charge in [-0.3, -0.25) is 14.5 Å². The number of nitrogens with one attached hydrogen (secondary N) is 1. The number of methoxy groups -OCH3 is 2. The van der Waals surface area contributed by atoms with Crippen molar-refractivity contribution in [3.05, 3.63) is 118 Å². The first kappa shape index (κ1) is 39.3. The summed E-state index contributed by atoms with van der Waals surface area (Å²) in [6.07, 6.45) is -4.10. The summed E-state index contributed by atoms with van der Waals surface area (Å²) in [5, 5.41) is 12.4. The van der Waals surface area contributed by atoms with Gasteiger partial charge in [-0.25, -0.2) is 0 Å². The van der Waals surface area contributed by atoms with Crippen LogP contribution in [-0.4, -0.2) is 78.9 Å². The van der Waals surface area contributed by atoms with Crippen molar-refractivity contribution in [2.45, 2.75) is 76.1 Å². The van der Waals surface area contributed by atoms with Gasteiger partial charge in [0.25, 0.3) is 0 Å². The molecule has 3 aliphatic heterocycles. The van der Waals surface area contributed by atoms with E-state index in [2.05, 4.69) is 22.3 Å². The number of rotatable bonds is 11. The number of ether oxygens (including phenoxy) is 4. The summed E-state index contributed by atoms with van der Waals surface area (Å²) in [5.41, 5.74) is 7.60. The normalized spacial score (nSPS) is 21.4. The van der Waals surface area contributed by atoms with Gasteiger partial charge in [0.1, 0.15) is 6.04 Å². The molecule has 2 amide bonds. The van der Waals surface area contributed by atoms with Crippen LogP contribution in [0.25, 0.3) is 11.1 Å². The highest BCUT2D eigenvalue weighted by Gasteiger charge is 2.47. The van der Waals surface area contributed by atoms with Gasteiger partial charge in [-0.1, -0.05) is 60.7 Å². The van der Waals surface area contributed by atoms with E-state index in [0.717, 1.165) is 58.6 Å². The van der Waals surface area contributed by atoms with E-state index < -0.39 is 30.3 Å². The molecule has 4 aromatic rings. The third kappa shape index (κ3) is 8.86. The maximum absolute atomic E-state index is 13.1. The van der Waals surface area contributed by atoms with Crippen molar-refractivity contribution < 1.29 is 46.8 Å². The molecule has 0 radical (unpaired) electrons. The van der Waals surface area contributed by atoms with Gasteiger partial charge >= 0.3 is 12.1 Å². The fourth-order valence-corrected chi connectivity index (χ4v) is 7.90. The van der Waals surface area contributed by atoms with Crippen molar-refractivity contribution in [2.75, 3.05) is 33.9 Å². The van der Waals surface area contributed by atoms with Crippen LogP contribution in [-0.2, 0) is 45.2 Å². The number of carbonyl (C=O) groups excluding carboxylic acids is 2. The molecule has 3 heterocycles. The van der Waals surface area contributed by atoms with Gasteiger partial charge in [0.05, 0.1) is 33.0 Å². The zero-order valence-electron chi connectivity index (χ0n) is 31.4. The highest BCUT2D eigenvalue weighted by atomic mass is 19.4. The van der Waals surface area contributed by atoms with Gasteiger partial charge in [0.15, 0.2) is 17.8 Å². The highest BCUT2D eigenvalue weighted by Crippen LogP contribution is 2.40. The van der Waals surface area contributed by atoms with Crippen molar-refractivity contribution in [2.24, 2.45) is 0 Å². The Morgan fingerprint density at radius 2 is 1.57 bits per heavy atom. The van der Waals surface area contributed by atoms with Gasteiger partial charge in [-0.2, -0.15) is 13.2 Å². The fourth-order valence-electron chi connectivity index (χ4n) is 7.90. The van der Waals surface area contributed by atoms with E-state index >= 15 is 0 Å². The highest BCUT2D eigenvalue weighted by molar-refractivity contribution is 5.90. The van der Waals surface area contributed by atoms with Crippen molar-refractivity contribution >= 4 is 11.8 Å². The van der Waals surface area contributed by atoms with Crippen LogP contribution in [0, 0.1) is 0 Å². The Labute approximate surface area is 324 Å². The molecule has 10 nitrogen and oxygen atoms in total. The van der Waals surface area contributed by atoms with Crippen molar-refractivity contribution in [3.8, 4) is 22.6 Å². The second-order valence-electron chi connectivity index (χ2n) is 14.5. The Kier molecular flexibility index (Phi) is 12.0. The van der Waals surface area contributed by atoms with Gasteiger partial charge in [0, 0.05) is 44.7 Å². The van der Waals surface area contributed by atoms with E-state index in [1.807, 2.05) is 72.8 Å². The van der Waals surface area contributed by atoms with Crippen LogP contribution in [0.3, 0.4) is 0 Å². The summed E-state index contributed by atoms with van der Waals surface area (Å²) in [5.74, 6) is -1.17. The number of aliphatic hydroxyl groups excluding tert-OH is 1. The lowest BCUT2D eigenvalue weighted by Gasteiger charge is -2.39. The van der Waals surface area contributed by atoms with Crippen LogP contribution >= 0.6 is 0 Å². The molecule has 56 heavy (non-hydrogen) atoms. The molecular formula is C43H46F3N3O7. The van der Waals surface area contributed by atoms with Crippen LogP contribution in [0.15, 0.2) is 84.9 Å². The third-order valence-corrected chi connectivity index (χ3v) is 10.8. The van der Waals surface area contributed by atoms with Crippen molar-refractivity contribution in [1.82, 2.24) is 15.1 Å². The molecule has 0 bridgehead atoms. The average Bonchev–Trinajstić information content (AvgIpc) is 3.72. The topological polar surface area (TPSA) is 110 Å². The second kappa shape index (κ2) is 17.0. The molecule has 0 spiro atoms. The Morgan fingerprint density at radius 3 is 2.29 bits per heavy atom. The number of fused-ring (bicyclic) bond motifs is 1. The number of halogens is 3. The van der Waals surface area contributed by atoms with Gasteiger partial charge in [-0.15, -0.1) is 0 Å². The molecule has 3 aliphatic rings. The van der Waals surface area contributed by atoms with E-state index in [-0.39, 0.29) is 38.3 Å². The maximum atomic E-state index is 13.1. The van der Waals surface area contributed by atoms with E-state index in [1.54, 1.807) is 14.2 Å². The number of aliphatic hydroxyl groups is 1. The summed E-state index contributed by atoms with van der Waals surface area (Å²) in [7, 11) is 3.29. The SMILES string of the molecule is COc1cc2c(cc1OC)CN(C[C@H]1C[C@@H](c3ccc(CO)cc3)O[C@@H](c3cccc(-c4cccc(CNC(=O)[C@@H]5CCCN5C(=O)C(F)(F)F)c4)c3)O1)CC2. The molecule has 13 heteroatoms. The number of hydrogen-bond acceptors (Lipinski definition) is 8. The van der Waals surface area contributed by atoms with Gasteiger partial charge in [0.2, 0.25) is 5.91 Å². The zero-order chi connectivity index (χ0) is 39.4. The Hall–Kier alpha value is -4.95. The lowest BCUT2D eigenvalue weighted by molar-refractivity contribution is -0.253. The lowest BCUT2D eigenvalue weighted by Crippen LogP contribution is -2.50. The number of benzene rings is 4. The van der Waals surface area contributed by atoms with Crippen LogP contribution in [0.5, 0.6) is 11.5 Å². The van der Waals surface area contributed by atoms with Crippen LogP contribution in [0.1, 0.15) is 65.0 Å². The van der Waals surface area contributed by atoms with Crippen LogP contribution < -0.4 is 14.8 Å². The molecule has 296 valence electrons. The fraction of sp³-hybridized carbons (Fsp3) is 0.395. The van der Waals surface area contributed by atoms with E-state index in [1.165, 1.54) is 11.1 Å². The summed E-state index contributed by atoms with van der Waals surface area (Å²) in [4.78, 5) is 27.8. The van der Waals surface area contributed by atoms with Gasteiger partial charge in [-0.05, 0) is 82.5 Å². The Morgan fingerprint density at radius 1 is 0.857 bits per heavy atom. The third-order valence-electron chi connectivity index (χ3n) is 10.8. The van der Waals surface area contributed by atoms with E-state index in [0.29, 0.717) is 30.0 Å². The number of alkyl halides is 3. The van der Waals surface area contributed by atoms with E-state index in [4.69, 9.17) is 18.9 Å². The molecule has 0 unspecified atom stereocenters. The standard InChI is InChI=1S/C43H46F3N3O7/c1-53-38-20-32-15-17-48(24-34(32)21-39(38)54-2)25-35-22-37(29-13-11-27(26-50)12-14-29)56-41(55-35)33-9-4-8-31(19-33)30-7-3-6-28(18-30)23-47-40(51)36-10-5-16-49(36)42(52)43(44,45)46/h3-4,6-9,11-14,18-21,35-37,41,50H,5,10,15-17,22-26H2,1-2H3,(H,47,51)/t35-,36+,37+,41+/m1/s1. The van der Waals surface area contributed by atoms with E-state index in [9.17, 15) is 27.9 Å². The largest absolute Gasteiger partial charge is 0.493 e. The van der Waals surface area contributed by atoms with Crippen LogP contribution in [0.4, 0.5) is 13.2 Å². The van der Waals surface area contributed by atoms with Crippen molar-refractivity contribution in [3.63, 3.8) is 0 Å². The quantitative estimate of drug-likeness (QED) is 0.175.